The zero-order valence-corrected chi connectivity index (χ0v) is 10.5. The van der Waals surface area contributed by atoms with E-state index in [1.807, 2.05) is 0 Å². The molecular weight excluding hydrogens is 301 g/mol. The average molecular weight is 305 g/mol. The van der Waals surface area contributed by atoms with Crippen molar-refractivity contribution >= 4 is 43.3 Å². The summed E-state index contributed by atoms with van der Waals surface area (Å²) in [5.74, 6) is 0. The molecule has 0 amide bonds. The van der Waals surface area contributed by atoms with E-state index < -0.39 is 35.0 Å². The van der Waals surface area contributed by atoms with Crippen molar-refractivity contribution in [2.24, 2.45) is 5.14 Å². The molecule has 0 aliphatic heterocycles. The van der Waals surface area contributed by atoms with E-state index in [2.05, 4.69) is 0 Å². The first-order valence-electron chi connectivity index (χ1n) is 3.51. The summed E-state index contributed by atoms with van der Waals surface area (Å²) in [7, 11) is -9.12. The topological polar surface area (TPSA) is 117 Å². The van der Waals surface area contributed by atoms with Gasteiger partial charge in [0.25, 0.3) is 0 Å². The Bertz CT molecular complexity index is 584. The van der Waals surface area contributed by atoms with Gasteiger partial charge < -0.3 is 4.55 Å². The molecule has 0 radical (unpaired) electrons. The van der Waals surface area contributed by atoms with Crippen molar-refractivity contribution in [3.05, 3.63) is 22.2 Å². The van der Waals surface area contributed by atoms with Crippen LogP contribution in [0.2, 0.25) is 10.0 Å². The largest absolute Gasteiger partial charge is 0.744 e. The van der Waals surface area contributed by atoms with Crippen molar-refractivity contribution in [1.82, 2.24) is 0 Å². The van der Waals surface area contributed by atoms with Crippen molar-refractivity contribution in [3.8, 4) is 0 Å². The van der Waals surface area contributed by atoms with Gasteiger partial charge in [-0.05, 0) is 12.1 Å². The molecule has 0 aromatic heterocycles. The first kappa shape index (κ1) is 13.7. The van der Waals surface area contributed by atoms with Gasteiger partial charge in [-0.25, -0.2) is 22.0 Å². The number of primary sulfonamides is 1. The summed E-state index contributed by atoms with van der Waals surface area (Å²) in [5, 5.41) is 3.94. The average Bonchev–Trinajstić information content (AvgIpc) is 1.97. The minimum Gasteiger partial charge on any atom is -0.744 e. The lowest BCUT2D eigenvalue weighted by atomic mass is 10.3. The van der Waals surface area contributed by atoms with Crippen LogP contribution in [0.5, 0.6) is 0 Å². The van der Waals surface area contributed by atoms with Crippen LogP contribution in [0.1, 0.15) is 0 Å². The number of benzene rings is 1. The molecule has 1 aromatic carbocycles. The van der Waals surface area contributed by atoms with E-state index >= 15 is 0 Å². The van der Waals surface area contributed by atoms with Gasteiger partial charge in [-0.3, -0.25) is 0 Å². The Kier molecular flexibility index (Phi) is 3.53. The zero-order valence-electron chi connectivity index (χ0n) is 7.35. The highest BCUT2D eigenvalue weighted by molar-refractivity contribution is 7.89. The summed E-state index contributed by atoms with van der Waals surface area (Å²) in [6.45, 7) is 0. The van der Waals surface area contributed by atoms with Gasteiger partial charge in [-0.15, -0.1) is 0 Å². The Hall–Kier alpha value is -0.380. The Morgan fingerprint density at radius 1 is 1.00 bits per heavy atom. The van der Waals surface area contributed by atoms with E-state index in [1.54, 1.807) is 0 Å². The zero-order chi connectivity index (χ0) is 12.7. The van der Waals surface area contributed by atoms with Gasteiger partial charge in [0.05, 0.1) is 14.9 Å². The van der Waals surface area contributed by atoms with Crippen molar-refractivity contribution < 1.29 is 21.4 Å². The second kappa shape index (κ2) is 4.13. The van der Waals surface area contributed by atoms with E-state index in [1.165, 1.54) is 0 Å². The fourth-order valence-electron chi connectivity index (χ4n) is 0.920. The predicted molar refractivity (Wildman–Crippen MR) is 55.8 cm³/mol. The first-order valence-corrected chi connectivity index (χ1v) is 7.22. The Morgan fingerprint density at radius 2 is 1.44 bits per heavy atom. The molecule has 0 aliphatic rings. The van der Waals surface area contributed by atoms with E-state index in [4.69, 9.17) is 28.3 Å². The maximum atomic E-state index is 11.0. The summed E-state index contributed by atoms with van der Waals surface area (Å²) in [4.78, 5) is -1.56. The lowest BCUT2D eigenvalue weighted by molar-refractivity contribution is 0.463. The fourth-order valence-corrected chi connectivity index (χ4v) is 3.16. The number of sulfonamides is 1. The molecule has 0 saturated heterocycles. The smallest absolute Gasteiger partial charge is 0.239 e. The van der Waals surface area contributed by atoms with Crippen LogP contribution in [0.3, 0.4) is 0 Å². The van der Waals surface area contributed by atoms with Crippen molar-refractivity contribution in [3.63, 3.8) is 0 Å². The number of rotatable bonds is 2. The van der Waals surface area contributed by atoms with E-state index in [-0.39, 0.29) is 5.02 Å². The summed E-state index contributed by atoms with van der Waals surface area (Å²) in [5.41, 5.74) is 0. The highest BCUT2D eigenvalue weighted by Crippen LogP contribution is 2.30. The molecule has 0 spiro atoms. The molecule has 0 fully saturated rings. The van der Waals surface area contributed by atoms with Gasteiger partial charge in [0.2, 0.25) is 10.0 Å². The Morgan fingerprint density at radius 3 is 1.81 bits per heavy atom. The lowest BCUT2D eigenvalue weighted by Crippen LogP contribution is -2.14. The SMILES string of the molecule is NS(=O)(=O)c1cc(S(=O)(=O)[O-])c(Cl)cc1Cl. The van der Waals surface area contributed by atoms with Crippen molar-refractivity contribution in [1.29, 1.82) is 0 Å². The van der Waals surface area contributed by atoms with Crippen LogP contribution in [0, 0.1) is 0 Å². The van der Waals surface area contributed by atoms with Crippen LogP contribution < -0.4 is 5.14 Å². The van der Waals surface area contributed by atoms with Gasteiger partial charge in [-0.1, -0.05) is 23.2 Å². The normalized spacial score (nSPS) is 12.8. The summed E-state index contributed by atoms with van der Waals surface area (Å²) < 4.78 is 54.2. The number of halogens is 2. The highest BCUT2D eigenvalue weighted by atomic mass is 35.5. The summed E-state index contributed by atoms with van der Waals surface area (Å²) >= 11 is 10.9. The van der Waals surface area contributed by atoms with Crippen LogP contribution in [0.15, 0.2) is 21.9 Å². The molecule has 2 N–H and O–H groups in total. The van der Waals surface area contributed by atoms with E-state index in [9.17, 15) is 21.4 Å². The highest BCUT2D eigenvalue weighted by Gasteiger charge is 2.18. The minimum atomic E-state index is -4.89. The van der Waals surface area contributed by atoms with Crippen LogP contribution in [0.25, 0.3) is 0 Å². The summed E-state index contributed by atoms with van der Waals surface area (Å²) in [6.07, 6.45) is 0. The van der Waals surface area contributed by atoms with Crippen LogP contribution in [-0.4, -0.2) is 21.4 Å². The van der Waals surface area contributed by atoms with Gasteiger partial charge in [-0.2, -0.15) is 0 Å². The summed E-state index contributed by atoms with van der Waals surface area (Å²) in [6, 6.07) is 1.36. The fraction of sp³-hybridized carbons (Fsp3) is 0. The quantitative estimate of drug-likeness (QED) is 0.800. The predicted octanol–water partition coefficient (Wildman–Crippen LogP) is 0.545. The number of nitrogens with two attached hydrogens (primary N) is 1. The second-order valence-electron chi connectivity index (χ2n) is 2.71. The molecule has 0 unspecified atom stereocenters. The Labute approximate surface area is 102 Å². The number of hydrogen-bond acceptors (Lipinski definition) is 5. The molecule has 6 nitrogen and oxygen atoms in total. The monoisotopic (exact) mass is 304 g/mol. The third-order valence-corrected chi connectivity index (χ3v) is 4.24. The molecule has 90 valence electrons. The van der Waals surface area contributed by atoms with Gasteiger partial charge in [0.1, 0.15) is 15.0 Å². The molecule has 0 bridgehead atoms. The second-order valence-corrected chi connectivity index (χ2v) is 6.40. The minimum absolute atomic E-state index is 0.361. The maximum Gasteiger partial charge on any atom is 0.239 e. The molecule has 10 heteroatoms. The van der Waals surface area contributed by atoms with E-state index in [0.29, 0.717) is 6.07 Å². The van der Waals surface area contributed by atoms with Crippen LogP contribution in [-0.2, 0) is 20.1 Å². The first-order chi connectivity index (χ1) is 7.03. The molecule has 0 heterocycles. The van der Waals surface area contributed by atoms with Gasteiger partial charge >= 0.3 is 0 Å². The lowest BCUT2D eigenvalue weighted by Gasteiger charge is -2.11. The maximum absolute atomic E-state index is 11.0. The van der Waals surface area contributed by atoms with Gasteiger partial charge in [0, 0.05) is 0 Å². The van der Waals surface area contributed by atoms with E-state index in [0.717, 1.165) is 6.07 Å². The molecule has 1 aromatic rings. The molecule has 0 saturated carbocycles. The molecular formula is C6H4Cl2NO5S2-. The molecule has 0 aliphatic carbocycles. The van der Waals surface area contributed by atoms with Gasteiger partial charge in [0.15, 0.2) is 0 Å². The third-order valence-electron chi connectivity index (χ3n) is 1.56. The molecule has 1 rings (SSSR count). The standard InChI is InChI=1S/C6H5Cl2NO5S2/c7-3-1-4(8)6(16(12,13)14)2-5(3)15(9,10)11/h1-2H,(H2,9,10,11)(H,12,13,14)/p-1. The molecule has 0 atom stereocenters. The van der Waals surface area contributed by atoms with Crippen molar-refractivity contribution in [2.45, 2.75) is 9.79 Å². The molecule has 16 heavy (non-hydrogen) atoms. The van der Waals surface area contributed by atoms with Crippen LogP contribution in [0.4, 0.5) is 0 Å². The van der Waals surface area contributed by atoms with Crippen molar-refractivity contribution in [2.75, 3.05) is 0 Å². The third kappa shape index (κ3) is 2.84. The van der Waals surface area contributed by atoms with Crippen LogP contribution >= 0.6 is 23.2 Å². The Balaban J connectivity index is 3.72. The number of hydrogen-bond donors (Lipinski definition) is 1.